The Morgan fingerprint density at radius 2 is 1.90 bits per heavy atom. The fourth-order valence-electron chi connectivity index (χ4n) is 2.25. The third kappa shape index (κ3) is 3.25. The highest BCUT2D eigenvalue weighted by atomic mass is 79.9. The third-order valence-electron chi connectivity index (χ3n) is 3.39. The zero-order valence-corrected chi connectivity index (χ0v) is 13.8. The quantitative estimate of drug-likeness (QED) is 0.854. The maximum absolute atomic E-state index is 5.88. The van der Waals surface area contributed by atoms with E-state index in [1.165, 1.54) is 11.1 Å². The first-order valence-electron chi connectivity index (χ1n) is 6.87. The summed E-state index contributed by atoms with van der Waals surface area (Å²) in [5.74, 6) is 1.88. The van der Waals surface area contributed by atoms with E-state index in [4.69, 9.17) is 10.2 Å². The van der Waals surface area contributed by atoms with Gasteiger partial charge in [0.1, 0.15) is 11.5 Å². The van der Waals surface area contributed by atoms with Gasteiger partial charge in [-0.3, -0.25) is 0 Å². The van der Waals surface area contributed by atoms with Crippen molar-refractivity contribution in [3.05, 3.63) is 51.4 Å². The van der Waals surface area contributed by atoms with E-state index in [2.05, 4.69) is 54.2 Å². The number of rotatable bonds is 5. The second-order valence-electron chi connectivity index (χ2n) is 5.01. The molecule has 1 unspecified atom stereocenters. The first kappa shape index (κ1) is 15.1. The van der Waals surface area contributed by atoms with Crippen molar-refractivity contribution in [1.29, 1.82) is 0 Å². The summed E-state index contributed by atoms with van der Waals surface area (Å²) in [5, 5.41) is 3.45. The lowest BCUT2D eigenvalue weighted by Gasteiger charge is -2.17. The molecule has 0 aliphatic heterocycles. The Kier molecular flexibility index (Phi) is 4.89. The van der Waals surface area contributed by atoms with Gasteiger partial charge in [0.25, 0.3) is 0 Å². The molecule has 0 amide bonds. The number of anilines is 1. The van der Waals surface area contributed by atoms with Crippen LogP contribution in [0.15, 0.2) is 33.2 Å². The highest BCUT2D eigenvalue weighted by Gasteiger charge is 2.14. The van der Waals surface area contributed by atoms with E-state index >= 15 is 0 Å². The first-order chi connectivity index (χ1) is 9.55. The Hall–Kier alpha value is -1.26. The van der Waals surface area contributed by atoms with Gasteiger partial charge in [0, 0.05) is 23.1 Å². The normalized spacial score (nSPS) is 12.4. The van der Waals surface area contributed by atoms with Crippen LogP contribution in [0.4, 0.5) is 5.69 Å². The molecule has 3 N–H and O–H groups in total. The predicted octanol–water partition coefficient (Wildman–Crippen LogP) is 4.33. The van der Waals surface area contributed by atoms with Gasteiger partial charge in [-0.05, 0) is 49.2 Å². The lowest BCUT2D eigenvalue weighted by molar-refractivity contribution is 0.448. The molecule has 20 heavy (non-hydrogen) atoms. The van der Waals surface area contributed by atoms with Gasteiger partial charge in [0.05, 0.1) is 6.04 Å². The van der Waals surface area contributed by atoms with Gasteiger partial charge in [-0.2, -0.15) is 0 Å². The molecule has 1 aromatic heterocycles. The predicted molar refractivity (Wildman–Crippen MR) is 87.1 cm³/mol. The minimum Gasteiger partial charge on any atom is -0.464 e. The van der Waals surface area contributed by atoms with Crippen LogP contribution in [0, 0.1) is 13.8 Å². The number of aryl methyl sites for hydroxylation is 3. The smallest absolute Gasteiger partial charge is 0.127 e. The lowest BCUT2D eigenvalue weighted by Crippen LogP contribution is -2.20. The Morgan fingerprint density at radius 3 is 2.40 bits per heavy atom. The van der Waals surface area contributed by atoms with Crippen LogP contribution in [0.1, 0.15) is 35.6 Å². The average molecular weight is 337 g/mol. The topological polar surface area (TPSA) is 51.2 Å². The van der Waals surface area contributed by atoms with Gasteiger partial charge in [-0.1, -0.05) is 22.9 Å². The number of hydrogen-bond donors (Lipinski definition) is 2. The fraction of sp³-hybridized carbons (Fsp3) is 0.375. The summed E-state index contributed by atoms with van der Waals surface area (Å²) in [4.78, 5) is 0. The van der Waals surface area contributed by atoms with Gasteiger partial charge < -0.3 is 15.5 Å². The minimum absolute atomic E-state index is 0.00437. The van der Waals surface area contributed by atoms with E-state index in [1.807, 2.05) is 12.1 Å². The SMILES string of the molecule is CCc1ccc(C(CN)Nc2cc(C)c(Br)c(C)c2)o1. The van der Waals surface area contributed by atoms with Crippen LogP contribution in [0.3, 0.4) is 0 Å². The second-order valence-corrected chi connectivity index (χ2v) is 5.81. The Balaban J connectivity index is 2.22. The summed E-state index contributed by atoms with van der Waals surface area (Å²) in [5.41, 5.74) is 9.35. The molecular formula is C16H21BrN2O. The van der Waals surface area contributed by atoms with E-state index in [9.17, 15) is 0 Å². The summed E-state index contributed by atoms with van der Waals surface area (Å²) in [6.45, 7) is 6.74. The molecule has 3 nitrogen and oxygen atoms in total. The number of hydrogen-bond acceptors (Lipinski definition) is 3. The van der Waals surface area contributed by atoms with E-state index in [1.54, 1.807) is 0 Å². The van der Waals surface area contributed by atoms with Gasteiger partial charge >= 0.3 is 0 Å². The number of nitrogens with one attached hydrogen (secondary N) is 1. The van der Waals surface area contributed by atoms with Crippen LogP contribution in [-0.4, -0.2) is 6.54 Å². The molecule has 1 atom stereocenters. The zero-order chi connectivity index (χ0) is 14.7. The molecular weight excluding hydrogens is 316 g/mol. The summed E-state index contributed by atoms with van der Waals surface area (Å²) in [6, 6.07) is 8.24. The molecule has 1 aromatic carbocycles. The maximum atomic E-state index is 5.88. The number of nitrogens with two attached hydrogens (primary N) is 1. The molecule has 0 spiro atoms. The molecule has 1 heterocycles. The molecule has 0 radical (unpaired) electrons. The fourth-order valence-corrected chi connectivity index (χ4v) is 2.48. The number of halogens is 1. The lowest BCUT2D eigenvalue weighted by atomic mass is 10.1. The van der Waals surface area contributed by atoms with Crippen molar-refractivity contribution in [3.63, 3.8) is 0 Å². The summed E-state index contributed by atoms with van der Waals surface area (Å²) >= 11 is 3.58. The largest absolute Gasteiger partial charge is 0.464 e. The highest BCUT2D eigenvalue weighted by Crippen LogP contribution is 2.28. The van der Waals surface area contributed by atoms with Crippen LogP contribution in [0.5, 0.6) is 0 Å². The van der Waals surface area contributed by atoms with Crippen LogP contribution in [0.2, 0.25) is 0 Å². The average Bonchev–Trinajstić information content (AvgIpc) is 2.90. The monoisotopic (exact) mass is 336 g/mol. The second kappa shape index (κ2) is 6.46. The summed E-state index contributed by atoms with van der Waals surface area (Å²) in [7, 11) is 0. The molecule has 0 aliphatic carbocycles. The molecule has 4 heteroatoms. The number of benzene rings is 1. The maximum Gasteiger partial charge on any atom is 0.127 e. The zero-order valence-electron chi connectivity index (χ0n) is 12.2. The molecule has 0 saturated heterocycles. The first-order valence-corrected chi connectivity index (χ1v) is 7.66. The van der Waals surface area contributed by atoms with Crippen molar-refractivity contribution in [2.45, 2.75) is 33.2 Å². The van der Waals surface area contributed by atoms with E-state index < -0.39 is 0 Å². The number of furan rings is 1. The molecule has 0 aliphatic rings. The van der Waals surface area contributed by atoms with Crippen molar-refractivity contribution in [1.82, 2.24) is 0 Å². The van der Waals surface area contributed by atoms with Gasteiger partial charge in [-0.15, -0.1) is 0 Å². The van der Waals surface area contributed by atoms with Gasteiger partial charge in [-0.25, -0.2) is 0 Å². The van der Waals surface area contributed by atoms with Crippen LogP contribution >= 0.6 is 15.9 Å². The van der Waals surface area contributed by atoms with E-state index in [-0.39, 0.29) is 6.04 Å². The Morgan fingerprint density at radius 1 is 1.25 bits per heavy atom. The van der Waals surface area contributed by atoms with Crippen molar-refractivity contribution in [3.8, 4) is 0 Å². The molecule has 108 valence electrons. The third-order valence-corrected chi connectivity index (χ3v) is 4.64. The molecule has 2 aromatic rings. The Bertz CT molecular complexity index is 569. The molecule has 2 rings (SSSR count). The molecule has 0 fully saturated rings. The molecule has 0 bridgehead atoms. The summed E-state index contributed by atoms with van der Waals surface area (Å²) in [6.07, 6.45) is 0.897. The standard InChI is InChI=1S/C16H21BrN2O/c1-4-13-5-6-15(20-13)14(9-18)19-12-7-10(2)16(17)11(3)8-12/h5-8,14,19H,4,9,18H2,1-3H3. The van der Waals surface area contributed by atoms with Crippen molar-refractivity contribution < 1.29 is 4.42 Å². The van der Waals surface area contributed by atoms with Crippen LogP contribution in [0.25, 0.3) is 0 Å². The minimum atomic E-state index is -0.00437. The van der Waals surface area contributed by atoms with Crippen molar-refractivity contribution >= 4 is 21.6 Å². The van der Waals surface area contributed by atoms with Crippen LogP contribution < -0.4 is 11.1 Å². The van der Waals surface area contributed by atoms with Gasteiger partial charge in [0.15, 0.2) is 0 Å². The summed E-state index contributed by atoms with van der Waals surface area (Å²) < 4.78 is 6.94. The highest BCUT2D eigenvalue weighted by molar-refractivity contribution is 9.10. The van der Waals surface area contributed by atoms with E-state index in [0.717, 1.165) is 28.1 Å². The van der Waals surface area contributed by atoms with E-state index in [0.29, 0.717) is 6.54 Å². The van der Waals surface area contributed by atoms with Crippen LogP contribution in [-0.2, 0) is 6.42 Å². The molecule has 0 saturated carbocycles. The van der Waals surface area contributed by atoms with Gasteiger partial charge in [0.2, 0.25) is 0 Å². The van der Waals surface area contributed by atoms with Crippen molar-refractivity contribution in [2.75, 3.05) is 11.9 Å². The van der Waals surface area contributed by atoms with Crippen molar-refractivity contribution in [2.24, 2.45) is 5.73 Å². The Labute approximate surface area is 128 Å².